The first-order valence-corrected chi connectivity index (χ1v) is 5.24. The van der Waals surface area contributed by atoms with Crippen LogP contribution in [0.2, 0.25) is 0 Å². The van der Waals surface area contributed by atoms with Crippen LogP contribution in [0.5, 0.6) is 0 Å². The minimum absolute atomic E-state index is 0.775. The third-order valence-electron chi connectivity index (χ3n) is 0.737. The van der Waals surface area contributed by atoms with Gasteiger partial charge in [-0.2, -0.15) is 0 Å². The summed E-state index contributed by atoms with van der Waals surface area (Å²) in [4.78, 5) is 0. The molecule has 0 bridgehead atoms. The Morgan fingerprint density at radius 1 is 1.78 bits per heavy atom. The van der Waals surface area contributed by atoms with Crippen LogP contribution in [0.25, 0.3) is 0 Å². The molecule has 0 aromatic carbocycles. The summed E-state index contributed by atoms with van der Waals surface area (Å²) in [5, 5.41) is 2.95. The van der Waals surface area contributed by atoms with Crippen LogP contribution in [0.1, 0.15) is 0 Å². The first-order valence-electron chi connectivity index (χ1n) is 2.32. The van der Waals surface area contributed by atoms with E-state index in [1.54, 1.807) is 21.8 Å². The molecular weight excluding hydrogens is 172 g/mol. The summed E-state index contributed by atoms with van der Waals surface area (Å²) in [5.41, 5.74) is 0. The van der Waals surface area contributed by atoms with E-state index in [4.69, 9.17) is 12.2 Å². The molecule has 0 radical (unpaired) electrons. The van der Waals surface area contributed by atoms with Crippen LogP contribution in [0.4, 0.5) is 0 Å². The number of nitrogens with one attached hydrogen (secondary N) is 1. The van der Waals surface area contributed by atoms with Crippen molar-refractivity contribution in [2.75, 3.05) is 6.26 Å². The topological polar surface area (TPSA) is 20.7 Å². The van der Waals surface area contributed by atoms with Gasteiger partial charge < -0.3 is 0 Å². The fraction of sp³-hybridized carbons (Fsp3) is 0.250. The van der Waals surface area contributed by atoms with Crippen molar-refractivity contribution in [3.05, 3.63) is 16.9 Å². The van der Waals surface area contributed by atoms with Gasteiger partial charge in [-0.3, -0.25) is 5.10 Å². The molecule has 0 fully saturated rings. The maximum absolute atomic E-state index is 4.85. The van der Waals surface area contributed by atoms with Gasteiger partial charge in [0, 0.05) is 17.2 Å². The minimum atomic E-state index is 0.775. The standard InChI is InChI=1S/C4H6N2S3/c1-8-9-6-3-2-4(7)5-6/h2-3H,1H3,(H,5,7). The van der Waals surface area contributed by atoms with E-state index < -0.39 is 0 Å². The number of rotatable bonds is 2. The van der Waals surface area contributed by atoms with Crippen LogP contribution in [0.3, 0.4) is 0 Å². The molecule has 0 aliphatic carbocycles. The summed E-state index contributed by atoms with van der Waals surface area (Å²) < 4.78 is 2.64. The number of aromatic nitrogens is 2. The summed E-state index contributed by atoms with van der Waals surface area (Å²) >= 11 is 4.85. The Morgan fingerprint density at radius 2 is 2.56 bits per heavy atom. The van der Waals surface area contributed by atoms with Crippen LogP contribution in [-0.4, -0.2) is 15.4 Å². The van der Waals surface area contributed by atoms with E-state index in [0.717, 1.165) is 4.64 Å². The molecule has 0 saturated heterocycles. The lowest BCUT2D eigenvalue weighted by Gasteiger charge is -1.92. The molecule has 1 heterocycles. The monoisotopic (exact) mass is 178 g/mol. The quantitative estimate of drug-likeness (QED) is 0.554. The fourth-order valence-corrected chi connectivity index (χ4v) is 1.81. The Hall–Kier alpha value is 0.130. The Balaban J connectivity index is 2.73. The lowest BCUT2D eigenvalue weighted by molar-refractivity contribution is 1.01. The number of aromatic amines is 1. The average Bonchev–Trinajstić information content (AvgIpc) is 2.17. The van der Waals surface area contributed by atoms with Crippen LogP contribution >= 0.6 is 34.0 Å². The molecule has 0 amide bonds. The molecule has 0 unspecified atom stereocenters. The molecule has 9 heavy (non-hydrogen) atoms. The first-order chi connectivity index (χ1) is 4.33. The van der Waals surface area contributed by atoms with Crippen LogP contribution in [0, 0.1) is 4.64 Å². The number of nitrogens with zero attached hydrogens (tertiary/aromatic N) is 1. The van der Waals surface area contributed by atoms with Crippen molar-refractivity contribution in [3.63, 3.8) is 0 Å². The van der Waals surface area contributed by atoms with Gasteiger partial charge in [0.25, 0.3) is 0 Å². The van der Waals surface area contributed by atoms with Gasteiger partial charge in [-0.25, -0.2) is 4.09 Å². The predicted octanol–water partition coefficient (Wildman–Crippen LogP) is 2.32. The summed E-state index contributed by atoms with van der Waals surface area (Å²) in [6.07, 6.45) is 3.92. The lowest BCUT2D eigenvalue weighted by Crippen LogP contribution is -1.80. The highest BCUT2D eigenvalue weighted by Gasteiger charge is 1.85. The maximum atomic E-state index is 4.85. The number of H-pyrrole nitrogens is 1. The van der Waals surface area contributed by atoms with Gasteiger partial charge in [0.1, 0.15) is 4.64 Å². The van der Waals surface area contributed by atoms with Crippen LogP contribution in [0.15, 0.2) is 12.3 Å². The van der Waals surface area contributed by atoms with Gasteiger partial charge in [-0.05, 0) is 12.3 Å². The molecule has 1 aromatic heterocycles. The maximum Gasteiger partial charge on any atom is 0.120 e. The molecule has 1 aromatic rings. The molecule has 1 rings (SSSR count). The molecule has 2 nitrogen and oxygen atoms in total. The van der Waals surface area contributed by atoms with Crippen molar-refractivity contribution in [2.45, 2.75) is 0 Å². The van der Waals surface area contributed by atoms with E-state index in [1.165, 1.54) is 0 Å². The van der Waals surface area contributed by atoms with E-state index in [1.807, 2.05) is 22.6 Å². The van der Waals surface area contributed by atoms with Gasteiger partial charge in [0.2, 0.25) is 0 Å². The van der Waals surface area contributed by atoms with Crippen molar-refractivity contribution in [3.8, 4) is 0 Å². The molecular formula is C4H6N2S3. The van der Waals surface area contributed by atoms with Gasteiger partial charge in [-0.1, -0.05) is 23.0 Å². The molecule has 1 N–H and O–H groups in total. The largest absolute Gasteiger partial charge is 0.277 e. The van der Waals surface area contributed by atoms with E-state index in [9.17, 15) is 0 Å². The van der Waals surface area contributed by atoms with E-state index in [2.05, 4.69) is 5.10 Å². The van der Waals surface area contributed by atoms with Gasteiger partial charge in [0.15, 0.2) is 0 Å². The summed E-state index contributed by atoms with van der Waals surface area (Å²) in [6.45, 7) is 0. The van der Waals surface area contributed by atoms with E-state index >= 15 is 0 Å². The second kappa shape index (κ2) is 3.34. The normalized spacial score (nSPS) is 9.89. The molecule has 0 aliphatic heterocycles. The average molecular weight is 178 g/mol. The van der Waals surface area contributed by atoms with Crippen molar-refractivity contribution in [1.82, 2.24) is 9.19 Å². The van der Waals surface area contributed by atoms with E-state index in [-0.39, 0.29) is 0 Å². The smallest absolute Gasteiger partial charge is 0.120 e. The molecule has 0 spiro atoms. The third kappa shape index (κ3) is 2.08. The number of hydrogen-bond donors (Lipinski definition) is 1. The molecule has 0 aliphatic rings. The predicted molar refractivity (Wildman–Crippen MR) is 46.1 cm³/mol. The van der Waals surface area contributed by atoms with Crippen LogP contribution < -0.4 is 0 Å². The summed E-state index contributed by atoms with van der Waals surface area (Å²) in [6, 6.07) is 1.86. The molecule has 0 atom stereocenters. The highest BCUT2D eigenvalue weighted by atomic mass is 33.1. The second-order valence-electron chi connectivity index (χ2n) is 1.36. The Labute approximate surface area is 66.5 Å². The zero-order chi connectivity index (χ0) is 6.69. The SMILES string of the molecule is CSSn1ccc(=S)[nH]1. The molecule has 5 heteroatoms. The molecule has 0 saturated carbocycles. The highest BCUT2D eigenvalue weighted by Crippen LogP contribution is 2.17. The highest BCUT2D eigenvalue weighted by molar-refractivity contribution is 8.75. The lowest BCUT2D eigenvalue weighted by atomic mass is 10.8. The minimum Gasteiger partial charge on any atom is -0.277 e. The zero-order valence-corrected chi connectivity index (χ0v) is 7.28. The van der Waals surface area contributed by atoms with Gasteiger partial charge in [-0.15, -0.1) is 0 Å². The van der Waals surface area contributed by atoms with Crippen molar-refractivity contribution < 1.29 is 0 Å². The van der Waals surface area contributed by atoms with Crippen LogP contribution in [-0.2, 0) is 0 Å². The van der Waals surface area contributed by atoms with E-state index in [0.29, 0.717) is 0 Å². The Kier molecular flexibility index (Phi) is 2.68. The third-order valence-corrected chi connectivity index (χ3v) is 2.42. The van der Waals surface area contributed by atoms with Crippen molar-refractivity contribution in [2.24, 2.45) is 0 Å². The van der Waals surface area contributed by atoms with Gasteiger partial charge in [0.05, 0.1) is 0 Å². The van der Waals surface area contributed by atoms with Gasteiger partial charge >= 0.3 is 0 Å². The number of hydrogen-bond acceptors (Lipinski definition) is 3. The first kappa shape index (κ1) is 7.24. The van der Waals surface area contributed by atoms with Crippen molar-refractivity contribution >= 4 is 34.0 Å². The summed E-state index contributed by atoms with van der Waals surface area (Å²) in [7, 11) is 3.28. The molecule has 50 valence electrons. The summed E-state index contributed by atoms with van der Waals surface area (Å²) in [5.74, 6) is 0. The van der Waals surface area contributed by atoms with Crippen molar-refractivity contribution in [1.29, 1.82) is 0 Å². The fourth-order valence-electron chi connectivity index (χ4n) is 0.442. The Morgan fingerprint density at radius 3 is 3.00 bits per heavy atom. The second-order valence-corrected chi connectivity index (χ2v) is 4.12. The Bertz CT molecular complexity index is 226. The zero-order valence-electron chi connectivity index (χ0n) is 4.83.